The number of unbranched alkanes of at least 4 members (excludes halogenated alkanes) is 2. The fraction of sp³-hybridized carbons (Fsp3) is 0.292. The summed E-state index contributed by atoms with van der Waals surface area (Å²) in [6.45, 7) is 0.675. The summed E-state index contributed by atoms with van der Waals surface area (Å²) in [5.41, 5.74) is 2.77. The third-order valence-electron chi connectivity index (χ3n) is 5.70. The van der Waals surface area contributed by atoms with Gasteiger partial charge < -0.3 is 9.84 Å². The fourth-order valence-electron chi connectivity index (χ4n) is 3.89. The number of hydrogen-bond acceptors (Lipinski definition) is 11. The highest BCUT2D eigenvalue weighted by molar-refractivity contribution is 8.26. The Kier molecular flexibility index (Phi) is 8.14. The zero-order chi connectivity index (χ0) is 25.6. The van der Waals surface area contributed by atoms with Gasteiger partial charge in [0, 0.05) is 17.8 Å². The van der Waals surface area contributed by atoms with Gasteiger partial charge in [-0.15, -0.1) is 21.5 Å². The quantitative estimate of drug-likeness (QED) is 0.160. The van der Waals surface area contributed by atoms with E-state index in [1.54, 1.807) is 16.2 Å². The molecule has 1 aliphatic rings. The Morgan fingerprint density at radius 2 is 2.08 bits per heavy atom. The molecule has 0 spiro atoms. The number of benzene rings is 1. The van der Waals surface area contributed by atoms with Crippen molar-refractivity contribution >= 4 is 62.5 Å². The topological polar surface area (TPSA) is 130 Å². The molecule has 1 aromatic carbocycles. The van der Waals surface area contributed by atoms with Crippen LogP contribution in [0.25, 0.3) is 28.1 Å². The number of nitrogens with one attached hydrogen (secondary N) is 1. The number of aryl methyl sites for hydroxylation is 1. The minimum atomic E-state index is -0.0904. The van der Waals surface area contributed by atoms with Gasteiger partial charge in [-0.05, 0) is 53.6 Å². The smallest absolute Gasteiger partial charge is 0.266 e. The lowest BCUT2D eigenvalue weighted by Crippen LogP contribution is -2.29. The van der Waals surface area contributed by atoms with E-state index in [1.165, 1.54) is 18.1 Å². The SMILES string of the molecule is O=C1/C(=C/c2cc(-c3ccc4ncnc(OCCO)c4c3)cs2)SC(=S)N1CCCCCc1nn[nH]n1. The van der Waals surface area contributed by atoms with Gasteiger partial charge in [-0.2, -0.15) is 5.21 Å². The molecule has 10 nitrogen and oxygen atoms in total. The third-order valence-corrected chi connectivity index (χ3v) is 7.96. The zero-order valence-corrected chi connectivity index (χ0v) is 22.1. The molecule has 13 heteroatoms. The van der Waals surface area contributed by atoms with Crippen molar-refractivity contribution in [3.05, 3.63) is 51.6 Å². The fourth-order valence-corrected chi connectivity index (χ4v) is 6.11. The zero-order valence-electron chi connectivity index (χ0n) is 19.7. The summed E-state index contributed by atoms with van der Waals surface area (Å²) in [7, 11) is 0. The van der Waals surface area contributed by atoms with Crippen LogP contribution in [0.4, 0.5) is 0 Å². The lowest BCUT2D eigenvalue weighted by Gasteiger charge is -2.13. The summed E-state index contributed by atoms with van der Waals surface area (Å²) >= 11 is 8.39. The summed E-state index contributed by atoms with van der Waals surface area (Å²) in [5, 5.41) is 25.8. The van der Waals surface area contributed by atoms with Gasteiger partial charge in [0.2, 0.25) is 5.88 Å². The van der Waals surface area contributed by atoms with Gasteiger partial charge >= 0.3 is 0 Å². The summed E-state index contributed by atoms with van der Waals surface area (Å²) in [6, 6.07) is 7.94. The normalized spacial score (nSPS) is 14.8. The number of carbonyl (C=O) groups is 1. The monoisotopic (exact) mass is 553 g/mol. The second-order valence-corrected chi connectivity index (χ2v) is 10.8. The molecule has 4 heterocycles. The molecule has 5 rings (SSSR count). The summed E-state index contributed by atoms with van der Waals surface area (Å²) < 4.78 is 6.16. The number of thiocarbonyl (C=S) groups is 1. The summed E-state index contributed by atoms with van der Waals surface area (Å²) in [5.74, 6) is 1.10. The average molecular weight is 554 g/mol. The van der Waals surface area contributed by atoms with Crippen LogP contribution in [0, 0.1) is 0 Å². The van der Waals surface area contributed by atoms with E-state index in [0.717, 1.165) is 52.6 Å². The Morgan fingerprint density at radius 1 is 1.16 bits per heavy atom. The standard InChI is InChI=1S/C24H23N7O3S3/c32-8-9-34-22-18-11-15(5-6-19(18)25-14-26-22)16-10-17(36-13-16)12-20-23(33)31(24(35)37-20)7-3-1-2-4-21-27-29-30-28-21/h5-6,10-14,32H,1-4,7-9H2,(H,27,28,29,30)/b20-12-. The second kappa shape index (κ2) is 11.9. The Bertz CT molecular complexity index is 1440. The predicted molar refractivity (Wildman–Crippen MR) is 147 cm³/mol. The highest BCUT2D eigenvalue weighted by Crippen LogP contribution is 2.36. The molecule has 4 aromatic rings. The first-order chi connectivity index (χ1) is 18.1. The van der Waals surface area contributed by atoms with Crippen molar-refractivity contribution in [1.82, 2.24) is 35.5 Å². The maximum atomic E-state index is 13.0. The van der Waals surface area contributed by atoms with Crippen LogP contribution in [0.5, 0.6) is 5.88 Å². The van der Waals surface area contributed by atoms with Crippen LogP contribution in [0.3, 0.4) is 0 Å². The number of aromatic nitrogens is 6. The number of fused-ring (bicyclic) bond motifs is 1. The molecule has 190 valence electrons. The number of thiophene rings is 1. The predicted octanol–water partition coefficient (Wildman–Crippen LogP) is 3.86. The molecule has 1 saturated heterocycles. The molecule has 0 radical (unpaired) electrons. The lowest BCUT2D eigenvalue weighted by atomic mass is 10.1. The number of hydrogen-bond donors (Lipinski definition) is 2. The Hall–Kier alpha value is -3.26. The van der Waals surface area contributed by atoms with E-state index in [2.05, 4.69) is 36.0 Å². The van der Waals surface area contributed by atoms with Gasteiger partial charge in [0.25, 0.3) is 5.91 Å². The molecule has 1 amide bonds. The van der Waals surface area contributed by atoms with Crippen LogP contribution in [-0.4, -0.2) is 70.6 Å². The van der Waals surface area contributed by atoms with Gasteiger partial charge in [-0.1, -0.05) is 41.7 Å². The van der Waals surface area contributed by atoms with E-state index in [9.17, 15) is 4.79 Å². The summed E-state index contributed by atoms with van der Waals surface area (Å²) in [6.07, 6.45) is 6.85. The van der Waals surface area contributed by atoms with E-state index in [4.69, 9.17) is 22.1 Å². The Labute approximate surface area is 226 Å². The van der Waals surface area contributed by atoms with E-state index >= 15 is 0 Å². The molecule has 1 fully saturated rings. The number of ether oxygens (including phenoxy) is 1. The lowest BCUT2D eigenvalue weighted by molar-refractivity contribution is -0.122. The van der Waals surface area contributed by atoms with Gasteiger partial charge in [-0.25, -0.2) is 9.97 Å². The number of H-pyrrole nitrogens is 1. The van der Waals surface area contributed by atoms with Crippen LogP contribution in [0.1, 0.15) is 30.0 Å². The molecule has 37 heavy (non-hydrogen) atoms. The van der Waals surface area contributed by atoms with Crippen molar-refractivity contribution in [2.75, 3.05) is 19.8 Å². The van der Waals surface area contributed by atoms with Crippen LogP contribution < -0.4 is 4.74 Å². The summed E-state index contributed by atoms with van der Waals surface area (Å²) in [4.78, 5) is 24.8. The van der Waals surface area contributed by atoms with E-state index in [0.29, 0.717) is 27.5 Å². The van der Waals surface area contributed by atoms with E-state index < -0.39 is 0 Å². The first-order valence-corrected chi connectivity index (χ1v) is 13.8. The number of carbonyl (C=O) groups excluding carboxylic acids is 1. The van der Waals surface area contributed by atoms with Gasteiger partial charge in [0.05, 0.1) is 22.4 Å². The number of aliphatic hydroxyl groups excluding tert-OH is 1. The largest absolute Gasteiger partial charge is 0.475 e. The van der Waals surface area contributed by atoms with Crippen molar-refractivity contribution in [3.63, 3.8) is 0 Å². The second-order valence-electron chi connectivity index (χ2n) is 8.19. The van der Waals surface area contributed by atoms with Crippen LogP contribution in [0.2, 0.25) is 0 Å². The molecule has 0 saturated carbocycles. The molecule has 3 aromatic heterocycles. The number of aromatic amines is 1. The highest BCUT2D eigenvalue weighted by Gasteiger charge is 2.31. The maximum absolute atomic E-state index is 13.0. The number of amides is 1. The number of tetrazole rings is 1. The molecule has 1 aliphatic heterocycles. The van der Waals surface area contributed by atoms with Gasteiger partial charge in [-0.3, -0.25) is 9.69 Å². The van der Waals surface area contributed by atoms with Crippen LogP contribution in [0.15, 0.2) is 40.9 Å². The van der Waals surface area contributed by atoms with Gasteiger partial charge in [0.15, 0.2) is 5.82 Å². The average Bonchev–Trinajstić information content (AvgIpc) is 3.65. The molecule has 0 bridgehead atoms. The molecular weight excluding hydrogens is 531 g/mol. The maximum Gasteiger partial charge on any atom is 0.266 e. The minimum absolute atomic E-state index is 0.0448. The van der Waals surface area contributed by atoms with Crippen LogP contribution in [-0.2, 0) is 11.2 Å². The van der Waals surface area contributed by atoms with Crippen molar-refractivity contribution in [2.24, 2.45) is 0 Å². The number of rotatable bonds is 11. The molecule has 0 aliphatic carbocycles. The molecular formula is C24H23N7O3S3. The van der Waals surface area contributed by atoms with E-state index in [1.807, 2.05) is 30.3 Å². The Morgan fingerprint density at radius 3 is 2.92 bits per heavy atom. The first-order valence-electron chi connectivity index (χ1n) is 11.7. The molecule has 0 atom stereocenters. The van der Waals surface area contributed by atoms with E-state index in [-0.39, 0.29) is 19.1 Å². The molecule has 0 unspecified atom stereocenters. The first kappa shape index (κ1) is 25.4. The third kappa shape index (κ3) is 6.01. The van der Waals surface area contributed by atoms with Gasteiger partial charge in [0.1, 0.15) is 17.3 Å². The number of nitrogens with zero attached hydrogens (tertiary/aromatic N) is 6. The van der Waals surface area contributed by atoms with Crippen molar-refractivity contribution in [1.29, 1.82) is 0 Å². The van der Waals surface area contributed by atoms with Crippen molar-refractivity contribution < 1.29 is 14.6 Å². The molecule has 2 N–H and O–H groups in total. The minimum Gasteiger partial charge on any atom is -0.475 e. The Balaban J connectivity index is 1.23. The number of aliphatic hydroxyl groups is 1. The number of thioether (sulfide) groups is 1. The van der Waals surface area contributed by atoms with Crippen LogP contribution >= 0.6 is 35.3 Å². The van der Waals surface area contributed by atoms with Crippen molar-refractivity contribution in [3.8, 4) is 17.0 Å². The highest BCUT2D eigenvalue weighted by atomic mass is 32.2. The van der Waals surface area contributed by atoms with Crippen molar-refractivity contribution in [2.45, 2.75) is 25.7 Å².